The van der Waals surface area contributed by atoms with Gasteiger partial charge >= 0.3 is 17.9 Å². The maximum atomic E-state index is 12.9. The van der Waals surface area contributed by atoms with Gasteiger partial charge in [0.05, 0.1) is 0 Å². The zero-order valence-corrected chi connectivity index (χ0v) is 50.9. The van der Waals surface area contributed by atoms with Crippen molar-refractivity contribution < 1.29 is 28.6 Å². The van der Waals surface area contributed by atoms with Crippen molar-refractivity contribution in [2.24, 2.45) is 0 Å². The summed E-state index contributed by atoms with van der Waals surface area (Å²) in [5, 5.41) is 0. The summed E-state index contributed by atoms with van der Waals surface area (Å²) in [5.74, 6) is -0.911. The Morgan fingerprint density at radius 1 is 0.269 bits per heavy atom. The van der Waals surface area contributed by atoms with E-state index in [9.17, 15) is 14.4 Å². The quantitative estimate of drug-likeness (QED) is 0.0261. The van der Waals surface area contributed by atoms with Gasteiger partial charge in [0.2, 0.25) is 0 Å². The zero-order valence-electron chi connectivity index (χ0n) is 50.9. The Kier molecular flexibility index (Phi) is 61.8. The third-order valence-corrected chi connectivity index (χ3v) is 13.7. The third kappa shape index (κ3) is 62.7. The minimum atomic E-state index is -0.793. The van der Waals surface area contributed by atoms with E-state index >= 15 is 0 Å². The first-order valence-electron chi connectivity index (χ1n) is 32.5. The molecule has 0 aliphatic rings. The molecule has 1 unspecified atom stereocenters. The largest absolute Gasteiger partial charge is 0.462 e. The minimum absolute atomic E-state index is 0.0877. The molecule has 0 rings (SSSR count). The normalized spacial score (nSPS) is 12.9. The smallest absolute Gasteiger partial charge is 0.306 e. The predicted octanol–water partition coefficient (Wildman–Crippen LogP) is 22.4. The van der Waals surface area contributed by atoms with E-state index in [1.54, 1.807) is 0 Å². The second-order valence-electron chi connectivity index (χ2n) is 21.3. The molecule has 78 heavy (non-hydrogen) atoms. The summed E-state index contributed by atoms with van der Waals surface area (Å²) in [6.45, 7) is 6.49. The number of esters is 3. The van der Waals surface area contributed by atoms with E-state index in [4.69, 9.17) is 14.2 Å². The first-order valence-corrected chi connectivity index (χ1v) is 32.5. The third-order valence-electron chi connectivity index (χ3n) is 13.7. The molecule has 0 aromatic carbocycles. The minimum Gasteiger partial charge on any atom is -0.462 e. The Bertz CT molecular complexity index is 1620. The second-order valence-corrected chi connectivity index (χ2v) is 21.3. The van der Waals surface area contributed by atoms with Crippen LogP contribution in [0.3, 0.4) is 0 Å². The van der Waals surface area contributed by atoms with Crippen molar-refractivity contribution >= 4 is 17.9 Å². The lowest BCUT2D eigenvalue weighted by molar-refractivity contribution is -0.167. The van der Waals surface area contributed by atoms with Crippen LogP contribution < -0.4 is 0 Å². The summed E-state index contributed by atoms with van der Waals surface area (Å²) in [4.78, 5) is 38.3. The first-order chi connectivity index (χ1) is 38.5. The summed E-state index contributed by atoms with van der Waals surface area (Å²) in [6.07, 6.45) is 90.6. The van der Waals surface area contributed by atoms with Gasteiger partial charge in [-0.15, -0.1) is 0 Å². The number of unbranched alkanes of at least 4 members (excludes halogenated alkanes) is 27. The van der Waals surface area contributed by atoms with Gasteiger partial charge in [0.15, 0.2) is 6.10 Å². The van der Waals surface area contributed by atoms with Crippen molar-refractivity contribution in [1.82, 2.24) is 0 Å². The van der Waals surface area contributed by atoms with E-state index in [-0.39, 0.29) is 31.1 Å². The zero-order chi connectivity index (χ0) is 56.4. The standard InChI is InChI=1S/C72H120O6/c1-4-7-10-13-16-19-22-25-28-29-30-31-32-33-34-35-36-37-38-39-40-41-42-43-45-47-50-53-56-59-62-65-71(74)77-68-69(67-76-70(73)64-61-58-55-52-49-46-27-24-21-18-15-12-9-6-3)78-72(75)66-63-60-57-54-51-48-44-26-23-20-17-14-11-8-5-2/h7,10,16-17,19-20,25-26,28,30-31,33-34,36-37,39-40,42-44,69H,4-6,8-9,11-15,18,21-24,27,29,32,35,38,41,45-68H2,1-3H3/b10-7-,19-16-,20-17-,28-25-,31-30-,34-33-,37-36-,40-39-,43-42-,44-26-. The summed E-state index contributed by atoms with van der Waals surface area (Å²) in [6, 6.07) is 0. The second kappa shape index (κ2) is 65.3. The number of carbonyl (C=O) groups excluding carboxylic acids is 3. The number of hydrogen-bond donors (Lipinski definition) is 0. The number of carbonyl (C=O) groups is 3. The van der Waals surface area contributed by atoms with E-state index in [1.807, 2.05) is 0 Å². The van der Waals surface area contributed by atoms with Crippen LogP contribution in [-0.2, 0) is 28.6 Å². The molecular weight excluding hydrogens is 961 g/mol. The highest BCUT2D eigenvalue weighted by Gasteiger charge is 2.19. The Morgan fingerprint density at radius 3 is 0.808 bits per heavy atom. The van der Waals surface area contributed by atoms with Crippen LogP contribution in [0.4, 0.5) is 0 Å². The monoisotopic (exact) mass is 1080 g/mol. The van der Waals surface area contributed by atoms with E-state index < -0.39 is 6.10 Å². The summed E-state index contributed by atoms with van der Waals surface area (Å²) in [5.41, 5.74) is 0. The van der Waals surface area contributed by atoms with Gasteiger partial charge in [0.25, 0.3) is 0 Å². The van der Waals surface area contributed by atoms with Gasteiger partial charge in [-0.2, -0.15) is 0 Å². The van der Waals surface area contributed by atoms with Crippen LogP contribution >= 0.6 is 0 Å². The van der Waals surface area contributed by atoms with Crippen LogP contribution in [0.15, 0.2) is 122 Å². The van der Waals surface area contributed by atoms with Crippen LogP contribution in [0.25, 0.3) is 0 Å². The average molecular weight is 1080 g/mol. The summed E-state index contributed by atoms with van der Waals surface area (Å²) in [7, 11) is 0. The number of ether oxygens (including phenoxy) is 3. The molecule has 0 amide bonds. The molecule has 1 atom stereocenters. The van der Waals surface area contributed by atoms with Gasteiger partial charge in [-0.3, -0.25) is 14.4 Å². The molecule has 0 aromatic rings. The molecule has 6 nitrogen and oxygen atoms in total. The maximum absolute atomic E-state index is 12.9. The predicted molar refractivity (Wildman–Crippen MR) is 339 cm³/mol. The summed E-state index contributed by atoms with van der Waals surface area (Å²) >= 11 is 0. The number of allylic oxidation sites excluding steroid dienone is 20. The van der Waals surface area contributed by atoms with Crippen molar-refractivity contribution in [2.45, 2.75) is 303 Å². The highest BCUT2D eigenvalue weighted by atomic mass is 16.6. The topological polar surface area (TPSA) is 78.9 Å². The molecule has 0 fully saturated rings. The molecule has 6 heteroatoms. The van der Waals surface area contributed by atoms with E-state index in [0.29, 0.717) is 19.3 Å². The van der Waals surface area contributed by atoms with Crippen LogP contribution in [-0.4, -0.2) is 37.2 Å². The lowest BCUT2D eigenvalue weighted by atomic mass is 10.0. The molecule has 0 heterocycles. The van der Waals surface area contributed by atoms with Gasteiger partial charge in [0.1, 0.15) is 13.2 Å². The molecule has 0 aromatic heterocycles. The van der Waals surface area contributed by atoms with Crippen molar-refractivity contribution in [3.8, 4) is 0 Å². The van der Waals surface area contributed by atoms with Crippen molar-refractivity contribution in [1.29, 1.82) is 0 Å². The molecule has 0 radical (unpaired) electrons. The number of rotatable bonds is 58. The Hall–Kier alpha value is -4.19. The molecule has 0 spiro atoms. The molecule has 0 aliphatic carbocycles. The van der Waals surface area contributed by atoms with Crippen LogP contribution in [0, 0.1) is 0 Å². The molecule has 0 saturated carbocycles. The van der Waals surface area contributed by atoms with Gasteiger partial charge < -0.3 is 14.2 Å². The fourth-order valence-corrected chi connectivity index (χ4v) is 8.84. The fourth-order valence-electron chi connectivity index (χ4n) is 8.84. The SMILES string of the molecule is CC/C=C\C/C=C\C/C=C\C/C=C\C/C=C\C/C=C\C/C=C\C/C=C\CCCCCCCCC(=O)OCC(COC(=O)CCCCCCCCCCCCCCCC)OC(=O)CCCCCCC/C=C\C/C=C\CCCCC. The molecule has 0 aliphatic heterocycles. The van der Waals surface area contributed by atoms with Crippen LogP contribution in [0.5, 0.6) is 0 Å². The van der Waals surface area contributed by atoms with Crippen molar-refractivity contribution in [3.05, 3.63) is 122 Å². The lowest BCUT2D eigenvalue weighted by Crippen LogP contribution is -2.30. The lowest BCUT2D eigenvalue weighted by Gasteiger charge is -2.18. The highest BCUT2D eigenvalue weighted by Crippen LogP contribution is 2.16. The Morgan fingerprint density at radius 2 is 0.500 bits per heavy atom. The Balaban J connectivity index is 4.33. The highest BCUT2D eigenvalue weighted by molar-refractivity contribution is 5.71. The summed E-state index contributed by atoms with van der Waals surface area (Å²) < 4.78 is 16.9. The molecule has 444 valence electrons. The van der Waals surface area contributed by atoms with Crippen LogP contribution in [0.2, 0.25) is 0 Å². The van der Waals surface area contributed by atoms with E-state index in [1.165, 1.54) is 109 Å². The number of hydrogen-bond acceptors (Lipinski definition) is 6. The Labute approximate surface area is 482 Å². The van der Waals surface area contributed by atoms with E-state index in [2.05, 4.69) is 142 Å². The molecule has 0 saturated heterocycles. The molecular formula is C72H120O6. The van der Waals surface area contributed by atoms with Crippen molar-refractivity contribution in [3.63, 3.8) is 0 Å². The average Bonchev–Trinajstić information content (AvgIpc) is 3.44. The molecule has 0 N–H and O–H groups in total. The van der Waals surface area contributed by atoms with Gasteiger partial charge in [0, 0.05) is 19.3 Å². The fraction of sp³-hybridized carbons (Fsp3) is 0.681. The van der Waals surface area contributed by atoms with Gasteiger partial charge in [-0.25, -0.2) is 0 Å². The van der Waals surface area contributed by atoms with E-state index in [0.717, 1.165) is 148 Å². The van der Waals surface area contributed by atoms with Crippen LogP contribution in [0.1, 0.15) is 297 Å². The molecule has 0 bridgehead atoms. The first kappa shape index (κ1) is 73.8. The van der Waals surface area contributed by atoms with Gasteiger partial charge in [-0.1, -0.05) is 284 Å². The maximum Gasteiger partial charge on any atom is 0.306 e. The van der Waals surface area contributed by atoms with Crippen molar-refractivity contribution in [2.75, 3.05) is 13.2 Å². The van der Waals surface area contributed by atoms with Gasteiger partial charge in [-0.05, 0) is 116 Å².